The minimum Gasteiger partial charge on any atom is -0.491 e. The Morgan fingerprint density at radius 1 is 1.02 bits per heavy atom. The van der Waals surface area contributed by atoms with Gasteiger partial charge in [-0.15, -0.1) is 0 Å². The Morgan fingerprint density at radius 3 is 2.56 bits per heavy atom. The number of aromatic nitrogens is 2. The number of aliphatic hydroxyl groups is 1. The van der Waals surface area contributed by atoms with E-state index in [1.165, 1.54) is 11.8 Å². The van der Waals surface area contributed by atoms with Crippen molar-refractivity contribution in [2.45, 2.75) is 45.8 Å². The first kappa shape index (κ1) is 31.7. The number of hydrogen-bond acceptors (Lipinski definition) is 10. The van der Waals surface area contributed by atoms with Crippen LogP contribution in [0.15, 0.2) is 34.7 Å². The van der Waals surface area contributed by atoms with Crippen molar-refractivity contribution in [1.82, 2.24) is 30.8 Å². The number of ether oxygens (including phenoxy) is 1. The van der Waals surface area contributed by atoms with E-state index in [0.29, 0.717) is 48.9 Å². The fraction of sp³-hybridized carbons (Fsp3) is 0.484. The summed E-state index contributed by atoms with van der Waals surface area (Å²) in [5, 5.41) is 18.3. The highest BCUT2D eigenvalue weighted by atomic mass is 16.5. The Labute approximate surface area is 260 Å². The molecule has 0 spiro atoms. The smallest absolute Gasteiger partial charge is 0.299 e. The zero-order valence-electron chi connectivity index (χ0n) is 25.7. The number of aliphatic hydroxyl groups excluding tert-OH is 1. The number of benzene rings is 1. The van der Waals surface area contributed by atoms with Crippen molar-refractivity contribution in [2.75, 3.05) is 50.8 Å². The van der Waals surface area contributed by atoms with Crippen LogP contribution in [-0.4, -0.2) is 102 Å². The van der Waals surface area contributed by atoms with E-state index in [-0.39, 0.29) is 56.1 Å². The Kier molecular flexibility index (Phi) is 9.81. The second-order valence-corrected chi connectivity index (χ2v) is 11.5. The number of anilines is 1. The number of oxazole rings is 1. The summed E-state index contributed by atoms with van der Waals surface area (Å²) in [6.07, 6.45) is -0.140. The van der Waals surface area contributed by atoms with Crippen LogP contribution in [-0.2, 0) is 14.4 Å². The third-order valence-electron chi connectivity index (χ3n) is 8.01. The van der Waals surface area contributed by atoms with Gasteiger partial charge in [-0.3, -0.25) is 19.2 Å². The number of carbonyl (C=O) groups excluding carboxylic acids is 4. The molecule has 1 aromatic carbocycles. The molecule has 0 radical (unpaired) electrons. The van der Waals surface area contributed by atoms with E-state index in [4.69, 9.17) is 9.15 Å². The molecule has 2 aliphatic rings. The number of amides is 4. The predicted octanol–water partition coefficient (Wildman–Crippen LogP) is 0.689. The van der Waals surface area contributed by atoms with Crippen LogP contribution in [0.5, 0.6) is 5.75 Å². The van der Waals surface area contributed by atoms with Crippen molar-refractivity contribution in [3.8, 4) is 5.75 Å². The van der Waals surface area contributed by atoms with Gasteiger partial charge in [0.2, 0.25) is 23.4 Å². The molecule has 5 rings (SSSR count). The molecule has 2 atom stereocenters. The molecule has 4 N–H and O–H groups in total. The van der Waals surface area contributed by atoms with Gasteiger partial charge < -0.3 is 40.0 Å². The van der Waals surface area contributed by atoms with E-state index in [9.17, 15) is 24.3 Å². The molecule has 1 fully saturated rings. The molecular formula is C31H39N7O7. The average molecular weight is 622 g/mol. The van der Waals surface area contributed by atoms with Crippen molar-refractivity contribution in [3.63, 3.8) is 0 Å². The zero-order valence-corrected chi connectivity index (χ0v) is 25.7. The van der Waals surface area contributed by atoms with Gasteiger partial charge in [-0.25, -0.2) is 4.98 Å². The Morgan fingerprint density at radius 2 is 1.80 bits per heavy atom. The number of carbonyl (C=O) groups is 4. The van der Waals surface area contributed by atoms with Crippen molar-refractivity contribution >= 4 is 40.9 Å². The number of aryl methyl sites for hydroxylation is 2. The zero-order chi connectivity index (χ0) is 32.1. The Balaban J connectivity index is 1.26. The molecule has 3 aromatic rings. The highest BCUT2D eigenvalue weighted by Crippen LogP contribution is 2.27. The summed E-state index contributed by atoms with van der Waals surface area (Å²) in [5.74, 6) is -1.61. The van der Waals surface area contributed by atoms with Gasteiger partial charge in [0, 0.05) is 43.4 Å². The molecule has 45 heavy (non-hydrogen) atoms. The SMILES string of the molecule is Cc1ccc2oc(N3CCC(C(=O)N4CCNC(=O)[C@H]([C@@H](C)O)NC(=O)c5ccc(C)c(c5)OCCNC(=O)C4)CC3)nc2n1. The van der Waals surface area contributed by atoms with Gasteiger partial charge in [-0.1, -0.05) is 6.07 Å². The standard InChI is InChI=1S/C31H39N7O7/c1-18-4-6-22-16-24(18)44-15-11-32-25(40)17-38(14-10-33-29(42)26(20(3)39)35-28(22)41)30(43)21-8-12-37(13-9-21)31-36-27-23(45-31)7-5-19(2)34-27/h4-7,16,20-21,26,39H,8-15,17H2,1-3H3,(H,32,40)(H,33,42)(H,35,41)/t20-,26+/m1/s1. The fourth-order valence-corrected chi connectivity index (χ4v) is 5.41. The third-order valence-corrected chi connectivity index (χ3v) is 8.01. The summed E-state index contributed by atoms with van der Waals surface area (Å²) >= 11 is 0. The summed E-state index contributed by atoms with van der Waals surface area (Å²) < 4.78 is 11.7. The second kappa shape index (κ2) is 13.9. The van der Waals surface area contributed by atoms with Crippen LogP contribution in [0, 0.1) is 19.8 Å². The number of rotatable bonds is 3. The second-order valence-electron chi connectivity index (χ2n) is 11.5. The quantitative estimate of drug-likeness (QED) is 0.325. The molecule has 2 aromatic heterocycles. The molecule has 0 aliphatic carbocycles. The molecular weight excluding hydrogens is 582 g/mol. The van der Waals surface area contributed by atoms with Gasteiger partial charge in [0.05, 0.1) is 19.2 Å². The van der Waals surface area contributed by atoms with Crippen LogP contribution in [0.1, 0.15) is 41.4 Å². The van der Waals surface area contributed by atoms with Gasteiger partial charge >= 0.3 is 0 Å². The van der Waals surface area contributed by atoms with E-state index in [2.05, 4.69) is 25.9 Å². The van der Waals surface area contributed by atoms with Gasteiger partial charge in [0.1, 0.15) is 18.4 Å². The van der Waals surface area contributed by atoms with E-state index >= 15 is 0 Å². The monoisotopic (exact) mass is 621 g/mol. The van der Waals surface area contributed by atoms with Gasteiger partial charge in [0.15, 0.2) is 5.58 Å². The fourth-order valence-electron chi connectivity index (χ4n) is 5.41. The lowest BCUT2D eigenvalue weighted by Gasteiger charge is -2.33. The molecule has 0 saturated carbocycles. The number of hydrogen-bond donors (Lipinski definition) is 4. The number of fused-ring (bicyclic) bond motifs is 3. The maximum Gasteiger partial charge on any atom is 0.299 e. The summed E-state index contributed by atoms with van der Waals surface area (Å²) in [7, 11) is 0. The van der Waals surface area contributed by atoms with Crippen LogP contribution in [0.4, 0.5) is 6.01 Å². The number of nitrogens with one attached hydrogen (secondary N) is 3. The molecule has 14 heteroatoms. The van der Waals surface area contributed by atoms with Gasteiger partial charge in [-0.05, 0) is 63.4 Å². The molecule has 0 unspecified atom stereocenters. The summed E-state index contributed by atoms with van der Waals surface area (Å²) in [6.45, 7) is 6.39. The Hall–Kier alpha value is -4.72. The highest BCUT2D eigenvalue weighted by Gasteiger charge is 2.32. The number of nitrogens with zero attached hydrogens (tertiary/aromatic N) is 4. The van der Waals surface area contributed by atoms with Crippen molar-refractivity contribution in [1.29, 1.82) is 0 Å². The number of piperidine rings is 1. The van der Waals surface area contributed by atoms with Crippen molar-refractivity contribution < 1.29 is 33.4 Å². The maximum atomic E-state index is 13.7. The lowest BCUT2D eigenvalue weighted by atomic mass is 9.95. The summed E-state index contributed by atoms with van der Waals surface area (Å²) in [5.41, 5.74) is 3.02. The topological polar surface area (TPSA) is 179 Å². The number of pyridine rings is 1. The lowest BCUT2D eigenvalue weighted by molar-refractivity contribution is -0.140. The van der Waals surface area contributed by atoms with E-state index < -0.39 is 24.0 Å². The van der Waals surface area contributed by atoms with Crippen LogP contribution in [0.25, 0.3) is 11.2 Å². The molecule has 4 heterocycles. The lowest BCUT2D eigenvalue weighted by Crippen LogP contribution is -2.54. The molecule has 2 bridgehead atoms. The largest absolute Gasteiger partial charge is 0.491 e. The third kappa shape index (κ3) is 7.69. The highest BCUT2D eigenvalue weighted by molar-refractivity contribution is 5.98. The van der Waals surface area contributed by atoms with Crippen LogP contribution < -0.4 is 25.6 Å². The van der Waals surface area contributed by atoms with Crippen molar-refractivity contribution in [2.24, 2.45) is 5.92 Å². The van der Waals surface area contributed by atoms with E-state index in [1.54, 1.807) is 18.2 Å². The van der Waals surface area contributed by atoms with Crippen LogP contribution in [0.3, 0.4) is 0 Å². The molecule has 2 aliphatic heterocycles. The first-order valence-electron chi connectivity index (χ1n) is 15.1. The molecule has 14 nitrogen and oxygen atoms in total. The summed E-state index contributed by atoms with van der Waals surface area (Å²) in [4.78, 5) is 64.9. The normalized spacial score (nSPS) is 20.1. The maximum absolute atomic E-state index is 13.7. The molecule has 4 amide bonds. The van der Waals surface area contributed by atoms with Gasteiger partial charge in [-0.2, -0.15) is 4.98 Å². The van der Waals surface area contributed by atoms with Gasteiger partial charge in [0.25, 0.3) is 11.9 Å². The molecule has 1 saturated heterocycles. The average Bonchev–Trinajstić information content (AvgIpc) is 3.44. The van der Waals surface area contributed by atoms with E-state index in [0.717, 1.165) is 11.3 Å². The van der Waals surface area contributed by atoms with Crippen molar-refractivity contribution in [3.05, 3.63) is 47.2 Å². The Bertz CT molecular complexity index is 1560. The first-order valence-corrected chi connectivity index (χ1v) is 15.1. The predicted molar refractivity (Wildman–Crippen MR) is 164 cm³/mol. The van der Waals surface area contributed by atoms with Crippen LogP contribution >= 0.6 is 0 Å². The molecule has 240 valence electrons. The minimum atomic E-state index is -1.23. The minimum absolute atomic E-state index is 0.0168. The first-order chi connectivity index (χ1) is 21.6. The van der Waals surface area contributed by atoms with E-state index in [1.807, 2.05) is 30.9 Å². The summed E-state index contributed by atoms with van der Waals surface area (Å²) in [6, 6.07) is 7.79. The van der Waals surface area contributed by atoms with Crippen LogP contribution in [0.2, 0.25) is 0 Å².